The summed E-state index contributed by atoms with van der Waals surface area (Å²) in [4.78, 5) is 48.4. The summed E-state index contributed by atoms with van der Waals surface area (Å²) in [6, 6.07) is 5.11. The van der Waals surface area contributed by atoms with E-state index < -0.39 is 29.6 Å². The molecular weight excluding hydrogens is 501 g/mol. The maximum Gasteiger partial charge on any atom is 0.344 e. The highest BCUT2D eigenvalue weighted by Gasteiger charge is 2.36. The van der Waals surface area contributed by atoms with Crippen LogP contribution in [0.25, 0.3) is 6.08 Å². The summed E-state index contributed by atoms with van der Waals surface area (Å²) >= 11 is 2.80. The Balaban J connectivity index is 2.07. The Bertz CT molecular complexity index is 824. The van der Waals surface area contributed by atoms with Gasteiger partial charge in [-0.15, -0.1) is 0 Å². The number of esters is 2. The van der Waals surface area contributed by atoms with E-state index >= 15 is 0 Å². The number of benzene rings is 1. The Labute approximate surface area is 179 Å². The zero-order valence-corrected chi connectivity index (χ0v) is 18.2. The molecule has 1 aliphatic rings. The fourth-order valence-electron chi connectivity index (χ4n) is 2.19. The van der Waals surface area contributed by atoms with Gasteiger partial charge in [0.25, 0.3) is 11.1 Å². The highest BCUT2D eigenvalue weighted by atomic mass is 127. The van der Waals surface area contributed by atoms with Crippen LogP contribution in [0.1, 0.15) is 19.4 Å². The standard InChI is InChI=1S/C18H18INO7S/c1-3-25-15(21)9-20-17(23)14(28-18(20)24)8-11-5-6-13(12(19)7-11)27-10-16(22)26-4-2/h5-8H,3-4,9-10H2,1-2H3/b14-8+. The number of rotatable bonds is 8. The monoisotopic (exact) mass is 519 g/mol. The van der Waals surface area contributed by atoms with Crippen molar-refractivity contribution < 1.29 is 33.4 Å². The minimum absolute atomic E-state index is 0.175. The third kappa shape index (κ3) is 5.96. The zero-order chi connectivity index (χ0) is 20.7. The minimum atomic E-state index is -0.635. The number of nitrogens with zero attached hydrogens (tertiary/aromatic N) is 1. The second-order valence-corrected chi connectivity index (χ2v) is 7.51. The van der Waals surface area contributed by atoms with Gasteiger partial charge in [0.2, 0.25) is 0 Å². The Morgan fingerprint density at radius 2 is 1.82 bits per heavy atom. The third-order valence-corrected chi connectivity index (χ3v) is 5.12. The van der Waals surface area contributed by atoms with Gasteiger partial charge in [0.1, 0.15) is 12.3 Å². The molecule has 2 rings (SSSR count). The second kappa shape index (κ2) is 10.5. The van der Waals surface area contributed by atoms with Crippen molar-refractivity contribution in [3.05, 3.63) is 32.2 Å². The van der Waals surface area contributed by atoms with E-state index in [4.69, 9.17) is 14.2 Å². The first-order valence-corrected chi connectivity index (χ1v) is 10.2. The van der Waals surface area contributed by atoms with Crippen LogP contribution in [0.3, 0.4) is 0 Å². The third-order valence-electron chi connectivity index (χ3n) is 3.37. The number of ether oxygens (including phenoxy) is 3. The van der Waals surface area contributed by atoms with Crippen LogP contribution in [-0.2, 0) is 23.9 Å². The van der Waals surface area contributed by atoms with Gasteiger partial charge in [0.05, 0.1) is 21.7 Å². The molecule has 1 fully saturated rings. The second-order valence-electron chi connectivity index (χ2n) is 5.36. The molecule has 1 heterocycles. The van der Waals surface area contributed by atoms with Crippen molar-refractivity contribution in [2.24, 2.45) is 0 Å². The Morgan fingerprint density at radius 3 is 2.46 bits per heavy atom. The van der Waals surface area contributed by atoms with Crippen LogP contribution in [0.2, 0.25) is 0 Å². The molecule has 8 nitrogen and oxygen atoms in total. The van der Waals surface area contributed by atoms with Crippen molar-refractivity contribution in [1.82, 2.24) is 4.90 Å². The van der Waals surface area contributed by atoms with E-state index in [1.54, 1.807) is 38.1 Å². The van der Waals surface area contributed by atoms with Gasteiger partial charge in [-0.2, -0.15) is 0 Å². The van der Waals surface area contributed by atoms with Gasteiger partial charge < -0.3 is 14.2 Å². The number of imide groups is 1. The SMILES string of the molecule is CCOC(=O)COc1ccc(/C=C2/SC(=O)N(CC(=O)OCC)C2=O)cc1I. The fraction of sp³-hybridized carbons (Fsp3) is 0.333. The highest BCUT2D eigenvalue weighted by Crippen LogP contribution is 2.33. The van der Waals surface area contributed by atoms with Crippen molar-refractivity contribution in [2.75, 3.05) is 26.4 Å². The van der Waals surface area contributed by atoms with E-state index in [9.17, 15) is 19.2 Å². The molecule has 0 aliphatic carbocycles. The summed E-state index contributed by atoms with van der Waals surface area (Å²) < 4.78 is 15.7. The molecule has 0 radical (unpaired) electrons. The summed E-state index contributed by atoms with van der Waals surface area (Å²) in [5.41, 5.74) is 0.675. The quantitative estimate of drug-likeness (QED) is 0.294. The minimum Gasteiger partial charge on any atom is -0.481 e. The van der Waals surface area contributed by atoms with Crippen molar-refractivity contribution in [3.63, 3.8) is 0 Å². The zero-order valence-electron chi connectivity index (χ0n) is 15.2. The van der Waals surface area contributed by atoms with Crippen LogP contribution in [0.4, 0.5) is 4.79 Å². The molecule has 1 saturated heterocycles. The average Bonchev–Trinajstić information content (AvgIpc) is 2.89. The molecule has 0 unspecified atom stereocenters. The Hall–Kier alpha value is -2.08. The summed E-state index contributed by atoms with van der Waals surface area (Å²) in [6.07, 6.45) is 1.56. The summed E-state index contributed by atoms with van der Waals surface area (Å²) in [6.45, 7) is 3.21. The molecule has 1 aromatic rings. The molecule has 28 heavy (non-hydrogen) atoms. The largest absolute Gasteiger partial charge is 0.481 e. The Kier molecular flexibility index (Phi) is 8.30. The van der Waals surface area contributed by atoms with E-state index in [-0.39, 0.29) is 24.7 Å². The summed E-state index contributed by atoms with van der Waals surface area (Å²) in [7, 11) is 0. The molecule has 0 spiro atoms. The molecule has 1 aromatic carbocycles. The number of hydrogen-bond donors (Lipinski definition) is 0. The van der Waals surface area contributed by atoms with Crippen LogP contribution >= 0.6 is 34.4 Å². The predicted molar refractivity (Wildman–Crippen MR) is 111 cm³/mol. The summed E-state index contributed by atoms with van der Waals surface area (Å²) in [5, 5.41) is -0.520. The molecule has 0 bridgehead atoms. The lowest BCUT2D eigenvalue weighted by molar-refractivity contribution is -0.146. The number of hydrogen-bond acceptors (Lipinski definition) is 8. The first-order chi connectivity index (χ1) is 13.3. The number of carbonyl (C=O) groups is 4. The van der Waals surface area contributed by atoms with Crippen LogP contribution in [0, 0.1) is 3.57 Å². The average molecular weight is 519 g/mol. The first kappa shape index (κ1) is 22.2. The molecule has 0 saturated carbocycles. The molecule has 1 aliphatic heterocycles. The first-order valence-electron chi connectivity index (χ1n) is 8.34. The van der Waals surface area contributed by atoms with Crippen molar-refractivity contribution in [1.29, 1.82) is 0 Å². The van der Waals surface area contributed by atoms with Gasteiger partial charge in [-0.1, -0.05) is 6.07 Å². The molecule has 0 atom stereocenters. The molecule has 10 heteroatoms. The van der Waals surface area contributed by atoms with Gasteiger partial charge in [-0.05, 0) is 72.0 Å². The molecule has 0 N–H and O–H groups in total. The molecular formula is C18H18INO7S. The lowest BCUT2D eigenvalue weighted by Crippen LogP contribution is -2.34. The highest BCUT2D eigenvalue weighted by molar-refractivity contribution is 14.1. The molecule has 150 valence electrons. The van der Waals surface area contributed by atoms with E-state index in [1.807, 2.05) is 22.6 Å². The van der Waals surface area contributed by atoms with Gasteiger partial charge in [0, 0.05) is 0 Å². The van der Waals surface area contributed by atoms with E-state index in [2.05, 4.69) is 0 Å². The van der Waals surface area contributed by atoms with Crippen molar-refractivity contribution in [2.45, 2.75) is 13.8 Å². The lowest BCUT2D eigenvalue weighted by Gasteiger charge is -2.10. The van der Waals surface area contributed by atoms with E-state index in [0.29, 0.717) is 11.3 Å². The van der Waals surface area contributed by atoms with Crippen LogP contribution in [0.15, 0.2) is 23.1 Å². The maximum atomic E-state index is 12.4. The number of carbonyl (C=O) groups excluding carboxylic acids is 4. The Morgan fingerprint density at radius 1 is 1.14 bits per heavy atom. The number of thioether (sulfide) groups is 1. The normalized spacial score (nSPS) is 15.1. The van der Waals surface area contributed by atoms with Crippen LogP contribution in [-0.4, -0.2) is 54.4 Å². The van der Waals surface area contributed by atoms with Crippen LogP contribution < -0.4 is 4.74 Å². The van der Waals surface area contributed by atoms with E-state index in [1.165, 1.54) is 0 Å². The number of amides is 2. The van der Waals surface area contributed by atoms with Gasteiger partial charge in [0.15, 0.2) is 6.61 Å². The van der Waals surface area contributed by atoms with Crippen molar-refractivity contribution in [3.8, 4) is 5.75 Å². The fourth-order valence-corrected chi connectivity index (χ4v) is 3.72. The lowest BCUT2D eigenvalue weighted by atomic mass is 10.2. The van der Waals surface area contributed by atoms with Gasteiger partial charge in [-0.3, -0.25) is 19.3 Å². The maximum absolute atomic E-state index is 12.4. The predicted octanol–water partition coefficient (Wildman–Crippen LogP) is 2.83. The van der Waals surface area contributed by atoms with Crippen LogP contribution in [0.5, 0.6) is 5.75 Å². The topological polar surface area (TPSA) is 99.2 Å². The van der Waals surface area contributed by atoms with Crippen molar-refractivity contribution >= 4 is 63.5 Å². The smallest absolute Gasteiger partial charge is 0.344 e. The van der Waals surface area contributed by atoms with Gasteiger partial charge in [-0.25, -0.2) is 4.79 Å². The molecule has 2 amide bonds. The van der Waals surface area contributed by atoms with Gasteiger partial charge >= 0.3 is 11.9 Å². The molecule has 0 aromatic heterocycles. The summed E-state index contributed by atoms with van der Waals surface area (Å²) in [5.74, 6) is -1.14. The van der Waals surface area contributed by atoms with E-state index in [0.717, 1.165) is 20.2 Å². The number of halogens is 1.